The summed E-state index contributed by atoms with van der Waals surface area (Å²) in [5.41, 5.74) is 0.685. The van der Waals surface area contributed by atoms with Gasteiger partial charge in [0.05, 0.1) is 6.10 Å². The van der Waals surface area contributed by atoms with Crippen LogP contribution >= 0.6 is 24.0 Å². The fourth-order valence-electron chi connectivity index (χ4n) is 2.11. The quantitative estimate of drug-likeness (QED) is 0.332. The Labute approximate surface area is 156 Å². The number of guanidine groups is 1. The number of nitrogens with one attached hydrogen (secondary N) is 2. The molecule has 23 heavy (non-hydrogen) atoms. The number of hydrogen-bond donors (Lipinski definition) is 3. The van der Waals surface area contributed by atoms with Gasteiger partial charge in [-0.3, -0.25) is 4.99 Å². The summed E-state index contributed by atoms with van der Waals surface area (Å²) in [7, 11) is 0. The second-order valence-corrected chi connectivity index (χ2v) is 5.35. The van der Waals surface area contributed by atoms with E-state index in [9.17, 15) is 9.50 Å². The normalized spacial score (nSPS) is 12.7. The minimum atomic E-state index is -0.697. The van der Waals surface area contributed by atoms with Crippen LogP contribution in [0.25, 0.3) is 0 Å². The monoisotopic (exact) mass is 437 g/mol. The zero-order valence-electron chi connectivity index (χ0n) is 14.2. The molecule has 132 valence electrons. The first kappa shape index (κ1) is 22.1. The van der Waals surface area contributed by atoms with Crippen molar-refractivity contribution in [2.24, 2.45) is 10.9 Å². The Kier molecular flexibility index (Phi) is 12.0. The molecular weight excluding hydrogens is 408 g/mol. The summed E-state index contributed by atoms with van der Waals surface area (Å²) in [5, 5.41) is 16.4. The Morgan fingerprint density at radius 1 is 1.13 bits per heavy atom. The molecule has 1 atom stereocenters. The molecule has 0 amide bonds. The summed E-state index contributed by atoms with van der Waals surface area (Å²) in [4.78, 5) is 4.56. The lowest BCUT2D eigenvalue weighted by molar-refractivity contribution is 0.180. The fraction of sp³-hybridized carbons (Fsp3) is 0.588. The highest BCUT2D eigenvalue weighted by Crippen LogP contribution is 2.12. The Morgan fingerprint density at radius 2 is 1.74 bits per heavy atom. The van der Waals surface area contributed by atoms with Gasteiger partial charge in [-0.2, -0.15) is 0 Å². The molecule has 0 bridgehead atoms. The number of aliphatic imine (C=N–C) groups is 1. The molecule has 1 aromatic rings. The topological polar surface area (TPSA) is 56.7 Å². The van der Waals surface area contributed by atoms with Crippen molar-refractivity contribution in [1.29, 1.82) is 0 Å². The summed E-state index contributed by atoms with van der Waals surface area (Å²) in [5.74, 6) is 0.983. The lowest BCUT2D eigenvalue weighted by Gasteiger charge is -2.16. The maximum Gasteiger partial charge on any atom is 0.191 e. The molecule has 1 aromatic carbocycles. The van der Waals surface area contributed by atoms with E-state index in [1.54, 1.807) is 12.1 Å². The third-order valence-electron chi connectivity index (χ3n) is 3.72. The molecule has 0 aliphatic rings. The molecule has 0 aliphatic carbocycles. The van der Waals surface area contributed by atoms with Crippen molar-refractivity contribution in [2.75, 3.05) is 19.6 Å². The van der Waals surface area contributed by atoms with Crippen molar-refractivity contribution in [3.63, 3.8) is 0 Å². The molecule has 0 radical (unpaired) electrons. The van der Waals surface area contributed by atoms with Gasteiger partial charge in [0.15, 0.2) is 5.96 Å². The molecule has 6 heteroatoms. The van der Waals surface area contributed by atoms with Crippen LogP contribution in [0.15, 0.2) is 29.3 Å². The minimum absolute atomic E-state index is 0. The highest BCUT2D eigenvalue weighted by atomic mass is 127. The van der Waals surface area contributed by atoms with Crippen LogP contribution < -0.4 is 10.6 Å². The fourth-order valence-corrected chi connectivity index (χ4v) is 2.11. The summed E-state index contributed by atoms with van der Waals surface area (Å²) in [6, 6.07) is 5.89. The van der Waals surface area contributed by atoms with Crippen molar-refractivity contribution in [2.45, 2.75) is 39.7 Å². The van der Waals surface area contributed by atoms with Crippen LogP contribution in [0.4, 0.5) is 4.39 Å². The van der Waals surface area contributed by atoms with Gasteiger partial charge in [-0.15, -0.1) is 24.0 Å². The lowest BCUT2D eigenvalue weighted by Crippen LogP contribution is -2.39. The van der Waals surface area contributed by atoms with E-state index in [0.717, 1.165) is 25.9 Å². The van der Waals surface area contributed by atoms with E-state index in [0.29, 0.717) is 24.0 Å². The number of aliphatic hydroxyl groups is 1. The zero-order valence-corrected chi connectivity index (χ0v) is 16.5. The number of rotatable bonds is 8. The third-order valence-corrected chi connectivity index (χ3v) is 3.72. The first-order chi connectivity index (χ1) is 10.6. The van der Waals surface area contributed by atoms with Crippen LogP contribution in [0.2, 0.25) is 0 Å². The van der Waals surface area contributed by atoms with Crippen molar-refractivity contribution in [3.8, 4) is 0 Å². The predicted octanol–water partition coefficient (Wildman–Crippen LogP) is 3.47. The molecule has 0 spiro atoms. The second kappa shape index (κ2) is 12.5. The van der Waals surface area contributed by atoms with E-state index in [1.807, 2.05) is 6.92 Å². The maximum absolute atomic E-state index is 12.9. The molecule has 0 saturated carbocycles. The summed E-state index contributed by atoms with van der Waals surface area (Å²) >= 11 is 0. The van der Waals surface area contributed by atoms with Gasteiger partial charge >= 0.3 is 0 Å². The Balaban J connectivity index is 0.00000484. The van der Waals surface area contributed by atoms with Crippen LogP contribution in [-0.4, -0.2) is 30.7 Å². The van der Waals surface area contributed by atoms with E-state index < -0.39 is 6.10 Å². The molecule has 4 nitrogen and oxygen atoms in total. The average molecular weight is 437 g/mol. The first-order valence-corrected chi connectivity index (χ1v) is 8.06. The van der Waals surface area contributed by atoms with E-state index >= 15 is 0 Å². The molecule has 3 N–H and O–H groups in total. The number of halogens is 2. The van der Waals surface area contributed by atoms with Crippen LogP contribution in [0.3, 0.4) is 0 Å². The number of aliphatic hydroxyl groups excluding tert-OH is 1. The molecule has 1 unspecified atom stereocenters. The van der Waals surface area contributed by atoms with Gasteiger partial charge in [-0.1, -0.05) is 38.8 Å². The van der Waals surface area contributed by atoms with Gasteiger partial charge in [0.1, 0.15) is 5.82 Å². The molecule has 0 aliphatic heterocycles. The van der Waals surface area contributed by atoms with Gasteiger partial charge in [0, 0.05) is 19.6 Å². The van der Waals surface area contributed by atoms with Crippen molar-refractivity contribution in [3.05, 3.63) is 35.6 Å². The number of nitrogens with zero attached hydrogens (tertiary/aromatic N) is 1. The molecule has 1 rings (SSSR count). The van der Waals surface area contributed by atoms with Gasteiger partial charge < -0.3 is 15.7 Å². The lowest BCUT2D eigenvalue weighted by atomic mass is 10.0. The Hall–Kier alpha value is -0.890. The molecule has 0 fully saturated rings. The van der Waals surface area contributed by atoms with Crippen molar-refractivity contribution >= 4 is 29.9 Å². The van der Waals surface area contributed by atoms with E-state index in [1.165, 1.54) is 12.1 Å². The van der Waals surface area contributed by atoms with Gasteiger partial charge in [0.2, 0.25) is 0 Å². The van der Waals surface area contributed by atoms with Gasteiger partial charge in [0.25, 0.3) is 0 Å². The van der Waals surface area contributed by atoms with Gasteiger partial charge in [-0.05, 0) is 30.5 Å². The number of hydrogen-bond acceptors (Lipinski definition) is 2. The first-order valence-electron chi connectivity index (χ1n) is 8.06. The SMILES string of the molecule is CCNC(=NCC(CC)CC)NCC(O)c1ccc(F)cc1.I. The largest absolute Gasteiger partial charge is 0.387 e. The number of benzene rings is 1. The van der Waals surface area contributed by atoms with Crippen LogP contribution in [-0.2, 0) is 0 Å². The minimum Gasteiger partial charge on any atom is -0.387 e. The Morgan fingerprint density at radius 3 is 2.26 bits per heavy atom. The van der Waals surface area contributed by atoms with Crippen molar-refractivity contribution in [1.82, 2.24) is 10.6 Å². The maximum atomic E-state index is 12.9. The summed E-state index contributed by atoms with van der Waals surface area (Å²) < 4.78 is 12.9. The Bertz CT molecular complexity index is 450. The molecule has 0 heterocycles. The molecule has 0 aromatic heterocycles. The second-order valence-electron chi connectivity index (χ2n) is 5.35. The average Bonchev–Trinajstić information content (AvgIpc) is 2.53. The van der Waals surface area contributed by atoms with E-state index in [4.69, 9.17) is 0 Å². The highest BCUT2D eigenvalue weighted by molar-refractivity contribution is 14.0. The summed E-state index contributed by atoms with van der Waals surface area (Å²) in [6.07, 6.45) is 1.52. The van der Waals surface area contributed by atoms with Crippen LogP contribution in [0.5, 0.6) is 0 Å². The third kappa shape index (κ3) is 8.50. The zero-order chi connectivity index (χ0) is 16.4. The van der Waals surface area contributed by atoms with E-state index in [-0.39, 0.29) is 29.8 Å². The highest BCUT2D eigenvalue weighted by Gasteiger charge is 2.09. The van der Waals surface area contributed by atoms with Gasteiger partial charge in [-0.25, -0.2) is 4.39 Å². The molecule has 0 saturated heterocycles. The van der Waals surface area contributed by atoms with Crippen LogP contribution in [0, 0.1) is 11.7 Å². The predicted molar refractivity (Wildman–Crippen MR) is 105 cm³/mol. The smallest absolute Gasteiger partial charge is 0.191 e. The van der Waals surface area contributed by atoms with Crippen molar-refractivity contribution < 1.29 is 9.50 Å². The molecular formula is C17H29FIN3O. The van der Waals surface area contributed by atoms with E-state index in [2.05, 4.69) is 29.5 Å². The summed E-state index contributed by atoms with van der Waals surface area (Å²) in [6.45, 7) is 8.21. The van der Waals surface area contributed by atoms with Crippen LogP contribution in [0.1, 0.15) is 45.3 Å². The standard InChI is InChI=1S/C17H28FN3O.HI/c1-4-13(5-2)11-20-17(19-6-3)21-12-16(22)14-7-9-15(18)10-8-14;/h7-10,13,16,22H,4-6,11-12H2,1-3H3,(H2,19,20,21);1H.